The number of aryl methyl sites for hydroxylation is 2. The van der Waals surface area contributed by atoms with E-state index in [-0.39, 0.29) is 132 Å². The molecular weight excluding hydrogens is 2060 g/mol. The number of hydrogen-bond acceptors (Lipinski definition) is 34. The minimum Gasteiger partial charge on any atom is -0.505 e. The average molecular weight is 2130 g/mol. The van der Waals surface area contributed by atoms with Gasteiger partial charge in [-0.05, 0) is 151 Å². The Balaban J connectivity index is 0.000000146. The number of methoxy groups -OCH3 is 2. The highest BCUT2D eigenvalue weighted by molar-refractivity contribution is 7.92. The van der Waals surface area contributed by atoms with Crippen LogP contribution in [-0.2, 0) is 29.6 Å². The quantitative estimate of drug-likeness (QED) is 0.0406. The number of nitriles is 2. The van der Waals surface area contributed by atoms with E-state index >= 15 is 0 Å². The van der Waals surface area contributed by atoms with Gasteiger partial charge in [0.25, 0.3) is 11.8 Å². The number of anilines is 4. The predicted molar refractivity (Wildman–Crippen MR) is 549 cm³/mol. The summed E-state index contributed by atoms with van der Waals surface area (Å²) in [5.41, 5.74) is 8.72. The first-order valence-electron chi connectivity index (χ1n) is 41.3. The van der Waals surface area contributed by atoms with Gasteiger partial charge in [0.05, 0.1) is 135 Å². The molecule has 0 saturated heterocycles. The van der Waals surface area contributed by atoms with Gasteiger partial charge in [0.1, 0.15) is 23.7 Å². The van der Waals surface area contributed by atoms with E-state index in [0.717, 1.165) is 29.6 Å². The standard InChI is InChI=1S/C25H20Cl2N6O6S.C25H28N8O5S.C14H6Cl2N6O.C14H12Cl2N4O.C12H9Cl2N5O/c1-37-18-8-5-9-19(38-2)22(18)39-25-20(28-15-11-16(26)21(34)17(27)12-15)24-29-23(30-33(24)31-25)13-6-4-7-14(10-13)32-40(3,35)36;1-13(34)26-18-11-17(12-19(21(18)36)27-14(2)35)28-20-22(25(3,4)5)30-33-24(20)29-23(31-33)15-7-9-16(10-8-15)32-39(6,37)38;1-6-13(20-7-2-8(15)12(23)9(16)3-7)22-11(5-18)10(4-17)21-14(22)19-6;1-6-8(3)20-13(7(2)18-14(20)17-6)19-9-4-10(15)12(21)11(16)5-9;1-5-11(19-12(15-5)16-6(2)18-19)17-7-3-8(13)10(20)9(14)4-7/h4-12,32,34H,1-3H3;7-12,32,36H,1-6H3,(H,26,34)(H,27,35);2-3,23H,1H3;4-5,21H,1-3H3;3-4,20H,1-2H3. The molecule has 0 spiro atoms. The van der Waals surface area contributed by atoms with Crippen LogP contribution in [0.2, 0.25) is 40.2 Å². The molecule has 9 N–H and O–H groups in total. The molecule has 0 atom stereocenters. The summed E-state index contributed by atoms with van der Waals surface area (Å²) in [6.45, 7) is 19.5. The fourth-order valence-corrected chi connectivity index (χ4v) is 16.6. The third kappa shape index (κ3) is 23.2. The highest BCUT2D eigenvalue weighted by Gasteiger charge is 2.38. The zero-order valence-corrected chi connectivity index (χ0v) is 84.7. The normalized spacial score (nSPS) is 14.4. The van der Waals surface area contributed by atoms with Gasteiger partial charge in [-0.3, -0.25) is 23.6 Å². The van der Waals surface area contributed by atoms with Crippen molar-refractivity contribution in [3.63, 3.8) is 0 Å². The number of rotatable bonds is 16. The van der Waals surface area contributed by atoms with Crippen molar-refractivity contribution in [2.24, 2.45) is 55.6 Å². The number of para-hydroxylation sites is 1. The molecular formula is C90H75Cl8N29O14S2. The molecule has 732 valence electrons. The zero-order valence-electron chi connectivity index (χ0n) is 77.1. The van der Waals surface area contributed by atoms with Crippen LogP contribution < -0.4 is 34.3 Å². The Morgan fingerprint density at radius 1 is 0.462 bits per heavy atom. The minimum absolute atomic E-state index is 0.00648. The summed E-state index contributed by atoms with van der Waals surface area (Å²) in [5.74, 6) is 3.75. The number of benzene rings is 8. The van der Waals surface area contributed by atoms with E-state index in [2.05, 4.69) is 105 Å². The van der Waals surface area contributed by atoms with Gasteiger partial charge in [-0.15, -0.1) is 30.0 Å². The smallest absolute Gasteiger partial charge is 0.269 e. The van der Waals surface area contributed by atoms with E-state index in [1.54, 1.807) is 97.4 Å². The van der Waals surface area contributed by atoms with E-state index in [1.165, 1.54) is 90.7 Å². The van der Waals surface area contributed by atoms with Crippen LogP contribution in [0.5, 0.6) is 46.0 Å². The number of aromatic nitrogens is 13. The van der Waals surface area contributed by atoms with Crippen LogP contribution in [0.3, 0.4) is 0 Å². The van der Waals surface area contributed by atoms with Gasteiger partial charge >= 0.3 is 0 Å². The SMILES string of the molecule is CC(=O)Nc1cc(N=C2C(C(C)(C)C)=Nn3nc(-c4ccc(NS(C)(=O)=O)cc4)nc32)cc(NC(C)=O)c1O.CC1=Nc2nc(C#N)c(C#N)n2C1=Nc1cc(Cl)c(O)c(Cl)c1.CC1=Nc2nc(C)c(C)n2C1=Nc1cc(Cl)c(O)c(Cl)c1.CC1=Nc2nc(C)nn2C1=Nc1cc(Cl)c(O)c(Cl)c1.COc1cccc(OC)c1OC1=Nn2nc(-c3cccc(NS(C)(=O)=O)c3)nc2C1=Nc1cc(Cl)c(O)c(Cl)c1. The van der Waals surface area contributed by atoms with E-state index in [1.807, 2.05) is 65.2 Å². The molecule has 2 amide bonds. The molecule has 143 heavy (non-hydrogen) atoms. The van der Waals surface area contributed by atoms with Crippen LogP contribution >= 0.6 is 92.8 Å². The van der Waals surface area contributed by atoms with Crippen LogP contribution in [0, 0.1) is 48.8 Å². The Hall–Kier alpha value is -15.6. The third-order valence-electron chi connectivity index (χ3n) is 20.0. The summed E-state index contributed by atoms with van der Waals surface area (Å²) >= 11 is 47.6. The predicted octanol–water partition coefficient (Wildman–Crippen LogP) is 18.8. The zero-order chi connectivity index (χ0) is 104. The number of nitrogens with one attached hydrogen (secondary N) is 4. The number of carbonyl (C=O) groups is 2. The molecule has 5 aromatic heterocycles. The number of nitrogens with zero attached hydrogens (tertiary/aromatic N) is 25. The lowest BCUT2D eigenvalue weighted by Gasteiger charge is -2.18. The Morgan fingerprint density at radius 3 is 1.35 bits per heavy atom. The first-order chi connectivity index (χ1) is 67.4. The lowest BCUT2D eigenvalue weighted by Crippen LogP contribution is -2.27. The topological polar surface area (TPSA) is 578 Å². The molecule has 18 rings (SSSR count). The molecule has 10 heterocycles. The molecule has 0 fully saturated rings. The monoisotopic (exact) mass is 2130 g/mol. The number of imidazole rings is 2. The molecule has 5 aliphatic heterocycles. The van der Waals surface area contributed by atoms with Crippen LogP contribution in [-0.4, -0.2) is 202 Å². The van der Waals surface area contributed by atoms with Crippen LogP contribution in [0.15, 0.2) is 178 Å². The van der Waals surface area contributed by atoms with E-state index < -0.39 is 37.3 Å². The second kappa shape index (κ2) is 41.7. The van der Waals surface area contributed by atoms with Gasteiger partial charge in [-0.2, -0.15) is 30.3 Å². The Bertz CT molecular complexity index is 8030. The molecule has 0 bridgehead atoms. The number of halogens is 8. The van der Waals surface area contributed by atoms with Crippen molar-refractivity contribution in [2.75, 3.05) is 46.8 Å². The summed E-state index contributed by atoms with van der Waals surface area (Å²) in [5, 5.41) is 95.5. The Labute approximate surface area is 852 Å². The van der Waals surface area contributed by atoms with Crippen molar-refractivity contribution >= 4 is 251 Å². The van der Waals surface area contributed by atoms with Crippen LogP contribution in [0.4, 0.5) is 69.0 Å². The first-order valence-corrected chi connectivity index (χ1v) is 48.1. The van der Waals surface area contributed by atoms with Crippen molar-refractivity contribution in [2.45, 2.75) is 76.2 Å². The average Bonchev–Trinajstić information content (AvgIpc) is 1.62. The summed E-state index contributed by atoms with van der Waals surface area (Å²) in [7, 11) is -3.93. The largest absolute Gasteiger partial charge is 0.505 e. The number of ether oxygens (including phenoxy) is 3. The van der Waals surface area contributed by atoms with Crippen LogP contribution in [0.25, 0.3) is 22.8 Å². The number of phenols is 5. The van der Waals surface area contributed by atoms with Gasteiger partial charge in [0.15, 0.2) is 86.5 Å². The molecule has 8 aromatic carbocycles. The number of sulfonamides is 2. The lowest BCUT2D eigenvalue weighted by atomic mass is 9.87. The first kappa shape index (κ1) is 103. The van der Waals surface area contributed by atoms with Crippen molar-refractivity contribution in [1.29, 1.82) is 10.5 Å². The molecule has 0 radical (unpaired) electrons. The van der Waals surface area contributed by atoms with Gasteiger partial charge in [0, 0.05) is 47.5 Å². The molecule has 0 unspecified atom stereocenters. The minimum atomic E-state index is -3.49. The molecule has 5 aliphatic rings. The second-order valence-corrected chi connectivity index (χ2v) is 38.7. The maximum atomic E-state index is 11.7. The molecule has 53 heteroatoms. The highest BCUT2D eigenvalue weighted by Crippen LogP contribution is 2.45. The maximum absolute atomic E-state index is 11.7. The Morgan fingerprint density at radius 2 is 0.881 bits per heavy atom. The van der Waals surface area contributed by atoms with Gasteiger partial charge in [0.2, 0.25) is 61.2 Å². The number of carbonyl (C=O) groups excluding carboxylic acids is 2. The van der Waals surface area contributed by atoms with E-state index in [4.69, 9.17) is 117 Å². The summed E-state index contributed by atoms with van der Waals surface area (Å²) in [6.07, 6.45) is 2.13. The number of aromatic hydroxyl groups is 5. The van der Waals surface area contributed by atoms with E-state index in [0.29, 0.717) is 126 Å². The maximum Gasteiger partial charge on any atom is 0.269 e. The van der Waals surface area contributed by atoms with Gasteiger partial charge < -0.3 is 50.4 Å². The number of aliphatic imine (C=N–C) groups is 8. The fraction of sp³-hybridized carbons (Fsp3) is 0.178. The molecule has 13 aromatic rings. The summed E-state index contributed by atoms with van der Waals surface area (Å²) < 4.78 is 73.0. The van der Waals surface area contributed by atoms with Crippen molar-refractivity contribution in [3.05, 3.63) is 208 Å². The van der Waals surface area contributed by atoms with E-state index in [9.17, 15) is 57.2 Å². The van der Waals surface area contributed by atoms with Crippen molar-refractivity contribution < 1.29 is 66.2 Å². The second-order valence-electron chi connectivity index (χ2n) is 32.0. The lowest BCUT2D eigenvalue weighted by molar-refractivity contribution is -0.115. The van der Waals surface area contributed by atoms with Gasteiger partial charge in [-0.1, -0.05) is 132 Å². The number of phenolic OH excluding ortho intramolecular Hbond substituents is 5. The summed E-state index contributed by atoms with van der Waals surface area (Å²) in [6, 6.07) is 36.8. The number of fused-ring (bicyclic) bond motifs is 5. The summed E-state index contributed by atoms with van der Waals surface area (Å²) in [4.78, 5) is 83.4. The molecule has 43 nitrogen and oxygen atoms in total. The van der Waals surface area contributed by atoms with Crippen LogP contribution in [0.1, 0.15) is 95.6 Å². The molecule has 0 aliphatic carbocycles. The van der Waals surface area contributed by atoms with Crippen molar-refractivity contribution in [1.82, 2.24) is 63.6 Å². The number of amides is 2. The highest BCUT2D eigenvalue weighted by atomic mass is 35.5. The number of hydrogen-bond donors (Lipinski definition) is 9. The third-order valence-corrected chi connectivity index (χ3v) is 23.5. The van der Waals surface area contributed by atoms with Gasteiger partial charge in [-0.25, -0.2) is 76.3 Å². The van der Waals surface area contributed by atoms with Crippen molar-refractivity contribution in [3.8, 4) is 80.9 Å². The Kier molecular flexibility index (Phi) is 30.1. The fourth-order valence-electron chi connectivity index (χ4n) is 13.6. The molecule has 0 saturated carbocycles.